The second-order valence-corrected chi connectivity index (χ2v) is 6.02. The summed E-state index contributed by atoms with van der Waals surface area (Å²) in [6, 6.07) is 11.1. The molecule has 0 saturated carbocycles. The zero-order chi connectivity index (χ0) is 14.3. The van der Waals surface area contributed by atoms with Gasteiger partial charge in [0.1, 0.15) is 11.4 Å². The van der Waals surface area contributed by atoms with Crippen LogP contribution in [0.2, 0.25) is 0 Å². The number of carbonyl (C=O) groups excluding carboxylic acids is 1. The zero-order valence-corrected chi connectivity index (χ0v) is 13.2. The van der Waals surface area contributed by atoms with E-state index < -0.39 is 5.82 Å². The van der Waals surface area contributed by atoms with Gasteiger partial charge < -0.3 is 4.42 Å². The van der Waals surface area contributed by atoms with E-state index in [0.717, 1.165) is 9.86 Å². The zero-order valence-electron chi connectivity index (χ0n) is 9.99. The lowest BCUT2D eigenvalue weighted by Gasteiger charge is -2.00. The van der Waals surface area contributed by atoms with Crippen molar-refractivity contribution in [3.05, 3.63) is 68.6 Å². The van der Waals surface area contributed by atoms with Crippen molar-refractivity contribution in [2.75, 3.05) is 0 Å². The lowest BCUT2D eigenvalue weighted by atomic mass is 10.1. The Morgan fingerprint density at radius 3 is 2.60 bits per heavy atom. The van der Waals surface area contributed by atoms with Crippen LogP contribution in [0.15, 0.2) is 55.8 Å². The molecule has 0 saturated heterocycles. The van der Waals surface area contributed by atoms with Gasteiger partial charge in [0.2, 0.25) is 5.78 Å². The molecule has 0 N–H and O–H groups in total. The highest BCUT2D eigenvalue weighted by Crippen LogP contribution is 2.27. The summed E-state index contributed by atoms with van der Waals surface area (Å²) in [5.41, 5.74) is 0.999. The molecule has 0 unspecified atom stereocenters. The molecule has 2 aromatic carbocycles. The van der Waals surface area contributed by atoms with Crippen molar-refractivity contribution in [2.45, 2.75) is 0 Å². The first-order valence-corrected chi connectivity index (χ1v) is 7.32. The van der Waals surface area contributed by atoms with Crippen LogP contribution in [0.4, 0.5) is 4.39 Å². The molecule has 1 aromatic heterocycles. The summed E-state index contributed by atoms with van der Waals surface area (Å²) < 4.78 is 19.9. The van der Waals surface area contributed by atoms with Crippen molar-refractivity contribution in [3.8, 4) is 0 Å². The lowest BCUT2D eigenvalue weighted by Crippen LogP contribution is -2.00. The van der Waals surface area contributed by atoms with Crippen LogP contribution in [0.3, 0.4) is 0 Å². The Morgan fingerprint density at radius 2 is 1.85 bits per heavy atom. The van der Waals surface area contributed by atoms with Gasteiger partial charge >= 0.3 is 0 Å². The second kappa shape index (κ2) is 5.14. The molecule has 1 heterocycles. The quantitative estimate of drug-likeness (QED) is 0.547. The summed E-state index contributed by atoms with van der Waals surface area (Å²) >= 11 is 6.56. The van der Waals surface area contributed by atoms with E-state index in [0.29, 0.717) is 15.6 Å². The Hall–Kier alpha value is -1.46. The summed E-state index contributed by atoms with van der Waals surface area (Å²) in [4.78, 5) is 12.4. The maximum atomic E-state index is 13.1. The summed E-state index contributed by atoms with van der Waals surface area (Å²) in [7, 11) is 0. The minimum absolute atomic E-state index is 0.227. The van der Waals surface area contributed by atoms with Crippen LogP contribution in [-0.2, 0) is 0 Å². The van der Waals surface area contributed by atoms with Crippen LogP contribution in [0.25, 0.3) is 11.0 Å². The molecule has 0 aliphatic heterocycles. The van der Waals surface area contributed by atoms with E-state index in [1.165, 1.54) is 18.2 Å². The van der Waals surface area contributed by atoms with Crippen LogP contribution in [-0.4, -0.2) is 5.78 Å². The molecule has 5 heteroatoms. The van der Waals surface area contributed by atoms with Crippen LogP contribution in [0.1, 0.15) is 16.1 Å². The number of carbonyl (C=O) groups is 1. The molecule has 3 aromatic rings. The van der Waals surface area contributed by atoms with Crippen LogP contribution >= 0.6 is 31.9 Å². The Balaban J connectivity index is 2.08. The van der Waals surface area contributed by atoms with Gasteiger partial charge in [-0.2, -0.15) is 0 Å². The molecular formula is C15H7Br2FO2. The summed E-state index contributed by atoms with van der Waals surface area (Å²) in [5.74, 6) is -0.462. The third-order valence-corrected chi connectivity index (χ3v) is 4.03. The number of furan rings is 1. The van der Waals surface area contributed by atoms with E-state index in [1.807, 2.05) is 12.1 Å². The Kier molecular flexibility index (Phi) is 3.48. The Labute approximate surface area is 130 Å². The van der Waals surface area contributed by atoms with E-state index in [9.17, 15) is 9.18 Å². The molecular weight excluding hydrogens is 391 g/mol. The summed E-state index contributed by atoms with van der Waals surface area (Å²) in [6.07, 6.45) is 0. The van der Waals surface area contributed by atoms with E-state index >= 15 is 0 Å². The highest BCUT2D eigenvalue weighted by atomic mass is 79.9. The molecule has 0 aliphatic carbocycles. The first-order valence-electron chi connectivity index (χ1n) is 5.73. The van der Waals surface area contributed by atoms with Gasteiger partial charge in [-0.05, 0) is 58.4 Å². The second-order valence-electron chi connectivity index (χ2n) is 4.25. The average molecular weight is 398 g/mol. The number of fused-ring (bicyclic) bond motifs is 1. The molecule has 20 heavy (non-hydrogen) atoms. The molecule has 0 fully saturated rings. The SMILES string of the molecule is O=C(c1cc2cc(Br)ccc2o1)c1ccc(F)cc1Br. The highest BCUT2D eigenvalue weighted by Gasteiger charge is 2.17. The Morgan fingerprint density at radius 1 is 1.05 bits per heavy atom. The average Bonchev–Trinajstić information content (AvgIpc) is 2.81. The van der Waals surface area contributed by atoms with Gasteiger partial charge in [0.05, 0.1) is 0 Å². The van der Waals surface area contributed by atoms with Gasteiger partial charge in [0.25, 0.3) is 0 Å². The minimum atomic E-state index is -0.401. The minimum Gasteiger partial charge on any atom is -0.453 e. The van der Waals surface area contributed by atoms with E-state index in [2.05, 4.69) is 31.9 Å². The first kappa shape index (κ1) is 13.5. The van der Waals surface area contributed by atoms with Gasteiger partial charge in [-0.15, -0.1) is 0 Å². The number of hydrogen-bond donors (Lipinski definition) is 0. The normalized spacial score (nSPS) is 10.9. The predicted octanol–water partition coefficient (Wildman–Crippen LogP) is 5.33. The van der Waals surface area contributed by atoms with Crippen molar-refractivity contribution in [1.82, 2.24) is 0 Å². The van der Waals surface area contributed by atoms with Crippen LogP contribution in [0.5, 0.6) is 0 Å². The molecule has 0 atom stereocenters. The third kappa shape index (κ3) is 2.43. The van der Waals surface area contributed by atoms with Crippen molar-refractivity contribution >= 4 is 48.6 Å². The maximum absolute atomic E-state index is 13.1. The molecule has 0 amide bonds. The Bertz CT molecular complexity index is 824. The van der Waals surface area contributed by atoms with Gasteiger partial charge in [0.15, 0.2) is 5.76 Å². The fourth-order valence-corrected chi connectivity index (χ4v) is 2.84. The number of rotatable bonds is 2. The van der Waals surface area contributed by atoms with Gasteiger partial charge in [-0.3, -0.25) is 4.79 Å². The van der Waals surface area contributed by atoms with Crippen molar-refractivity contribution in [3.63, 3.8) is 0 Å². The third-order valence-electron chi connectivity index (χ3n) is 2.88. The number of hydrogen-bond acceptors (Lipinski definition) is 2. The topological polar surface area (TPSA) is 30.2 Å². The number of ketones is 1. The maximum Gasteiger partial charge on any atom is 0.229 e. The van der Waals surface area contributed by atoms with Gasteiger partial charge in [-0.1, -0.05) is 15.9 Å². The molecule has 0 bridgehead atoms. The van der Waals surface area contributed by atoms with Crippen LogP contribution < -0.4 is 0 Å². The highest BCUT2D eigenvalue weighted by molar-refractivity contribution is 9.10. The van der Waals surface area contributed by atoms with E-state index in [-0.39, 0.29) is 11.5 Å². The predicted molar refractivity (Wildman–Crippen MR) is 81.4 cm³/mol. The molecule has 3 rings (SSSR count). The van der Waals surface area contributed by atoms with Crippen LogP contribution in [0, 0.1) is 5.82 Å². The smallest absolute Gasteiger partial charge is 0.229 e. The molecule has 0 radical (unpaired) electrons. The standard InChI is InChI=1S/C15H7Br2FO2/c16-9-1-4-13-8(5-9)6-14(20-13)15(19)11-3-2-10(18)7-12(11)17/h1-7H. The molecule has 100 valence electrons. The number of halogens is 3. The molecule has 0 aliphatic rings. The lowest BCUT2D eigenvalue weighted by molar-refractivity contribution is 0.101. The van der Waals surface area contributed by atoms with Gasteiger partial charge in [-0.25, -0.2) is 4.39 Å². The van der Waals surface area contributed by atoms with E-state index in [1.54, 1.807) is 12.1 Å². The first-order chi connectivity index (χ1) is 9.54. The fraction of sp³-hybridized carbons (Fsp3) is 0. The monoisotopic (exact) mass is 396 g/mol. The fourth-order valence-electron chi connectivity index (χ4n) is 1.93. The molecule has 0 spiro atoms. The van der Waals surface area contributed by atoms with Crippen molar-refractivity contribution in [1.29, 1.82) is 0 Å². The molecule has 2 nitrogen and oxygen atoms in total. The van der Waals surface area contributed by atoms with Crippen molar-refractivity contribution in [2.24, 2.45) is 0 Å². The van der Waals surface area contributed by atoms with Gasteiger partial charge in [0, 0.05) is 19.9 Å². The summed E-state index contributed by atoms with van der Waals surface area (Å²) in [6.45, 7) is 0. The number of benzene rings is 2. The van der Waals surface area contributed by atoms with Crippen molar-refractivity contribution < 1.29 is 13.6 Å². The summed E-state index contributed by atoms with van der Waals surface area (Å²) in [5, 5.41) is 0.834. The van der Waals surface area contributed by atoms with E-state index in [4.69, 9.17) is 4.42 Å². The largest absolute Gasteiger partial charge is 0.453 e.